The van der Waals surface area contributed by atoms with Gasteiger partial charge in [0.1, 0.15) is 5.75 Å². The fourth-order valence-electron chi connectivity index (χ4n) is 8.07. The molecule has 0 amide bonds. The Labute approximate surface area is 225 Å². The number of phenols is 1. The summed E-state index contributed by atoms with van der Waals surface area (Å²) in [5, 5.41) is 11.3. The van der Waals surface area contributed by atoms with Gasteiger partial charge in [-0.25, -0.2) is 0 Å². The summed E-state index contributed by atoms with van der Waals surface area (Å²) in [4.78, 5) is 53.0. The number of aromatic hydroxyl groups is 1. The number of hydrogen-bond acceptors (Lipinski definition) is 6. The maximum atomic E-state index is 14.4. The van der Waals surface area contributed by atoms with Crippen LogP contribution in [-0.4, -0.2) is 35.0 Å². The molecule has 38 heavy (non-hydrogen) atoms. The van der Waals surface area contributed by atoms with Crippen LogP contribution in [0, 0.1) is 22.2 Å². The van der Waals surface area contributed by atoms with E-state index in [2.05, 4.69) is 27.7 Å². The summed E-state index contributed by atoms with van der Waals surface area (Å²) in [5.74, 6) is -1.39. The second kappa shape index (κ2) is 9.03. The van der Waals surface area contributed by atoms with Gasteiger partial charge in [-0.3, -0.25) is 19.2 Å². The van der Waals surface area contributed by atoms with Crippen LogP contribution in [0.2, 0.25) is 0 Å². The molecule has 5 atom stereocenters. The van der Waals surface area contributed by atoms with E-state index in [4.69, 9.17) is 4.74 Å². The molecule has 0 spiro atoms. The van der Waals surface area contributed by atoms with E-state index in [1.165, 1.54) is 6.92 Å². The van der Waals surface area contributed by atoms with E-state index in [0.29, 0.717) is 23.1 Å². The van der Waals surface area contributed by atoms with Gasteiger partial charge in [0.15, 0.2) is 17.3 Å². The van der Waals surface area contributed by atoms with Crippen LogP contribution in [0.1, 0.15) is 103 Å². The molecule has 0 aromatic heterocycles. The second-order valence-corrected chi connectivity index (χ2v) is 12.2. The first-order chi connectivity index (χ1) is 17.6. The number of esters is 1. The highest BCUT2D eigenvalue weighted by Crippen LogP contribution is 2.71. The summed E-state index contributed by atoms with van der Waals surface area (Å²) >= 11 is 0. The molecule has 6 heteroatoms. The smallest absolute Gasteiger partial charge is 0.306 e. The number of rotatable bonds is 5. The second-order valence-electron chi connectivity index (χ2n) is 12.2. The molecule has 0 heterocycles. The molecule has 1 aromatic carbocycles. The molecule has 1 aromatic rings. The third-order valence-electron chi connectivity index (χ3n) is 10.8. The van der Waals surface area contributed by atoms with Gasteiger partial charge in [0.25, 0.3) is 0 Å². The van der Waals surface area contributed by atoms with E-state index in [0.717, 1.165) is 11.1 Å². The van der Waals surface area contributed by atoms with E-state index in [1.54, 1.807) is 13.0 Å². The highest BCUT2D eigenvalue weighted by molar-refractivity contribution is 6.24. The van der Waals surface area contributed by atoms with E-state index >= 15 is 0 Å². The number of ether oxygens (including phenoxy) is 1. The average Bonchev–Trinajstić information content (AvgIpc) is 2.83. The van der Waals surface area contributed by atoms with E-state index < -0.39 is 16.2 Å². The highest BCUT2D eigenvalue weighted by atomic mass is 16.5. The van der Waals surface area contributed by atoms with E-state index in [1.807, 2.05) is 26.8 Å². The van der Waals surface area contributed by atoms with Crippen molar-refractivity contribution in [3.63, 3.8) is 0 Å². The van der Waals surface area contributed by atoms with Gasteiger partial charge in [-0.05, 0) is 75.8 Å². The van der Waals surface area contributed by atoms with Crippen LogP contribution < -0.4 is 0 Å². The Balaban J connectivity index is 1.94. The molecule has 5 unspecified atom stereocenters. The van der Waals surface area contributed by atoms with Crippen LogP contribution >= 0.6 is 0 Å². The van der Waals surface area contributed by atoms with Crippen LogP contribution in [0.4, 0.5) is 0 Å². The molecule has 0 fully saturated rings. The van der Waals surface area contributed by atoms with Gasteiger partial charge in [0.2, 0.25) is 0 Å². The number of carbonyl (C=O) groups excluding carboxylic acids is 4. The van der Waals surface area contributed by atoms with Crippen molar-refractivity contribution in [3.05, 3.63) is 51.1 Å². The first-order valence-corrected chi connectivity index (χ1v) is 13.6. The molecule has 3 aliphatic carbocycles. The number of allylic oxidation sites excluding steroid dienone is 4. The highest BCUT2D eigenvalue weighted by Gasteiger charge is 2.67. The topological polar surface area (TPSA) is 97.7 Å². The monoisotopic (exact) mass is 520 g/mol. The summed E-state index contributed by atoms with van der Waals surface area (Å²) < 4.78 is 5.02. The quantitative estimate of drug-likeness (QED) is 0.375. The summed E-state index contributed by atoms with van der Waals surface area (Å²) in [6.45, 7) is 17.6. The molecule has 6 nitrogen and oxygen atoms in total. The standard InChI is InChI=1S/C32H40O6/c1-10-38-23(34)14-12-21-11-13-22-17(3)31(8)20(6)30(7)15-16(2)24(19(5)33)29(37)32(30,9)18(4)26(31)28(36)25(22)27(21)35/h11,13,17,20,35H,10,12,14-15H2,1-9H3. The predicted molar refractivity (Wildman–Crippen MR) is 145 cm³/mol. The molecule has 0 saturated heterocycles. The number of fused-ring (bicyclic) bond motifs is 3. The lowest BCUT2D eigenvalue weighted by molar-refractivity contribution is -0.143. The van der Waals surface area contributed by atoms with Gasteiger partial charge < -0.3 is 9.84 Å². The van der Waals surface area contributed by atoms with Crippen LogP contribution in [0.3, 0.4) is 0 Å². The summed E-state index contributed by atoms with van der Waals surface area (Å²) in [6, 6.07) is 3.71. The fraction of sp³-hybridized carbons (Fsp3) is 0.562. The van der Waals surface area contributed by atoms with Gasteiger partial charge in [0, 0.05) is 17.4 Å². The third-order valence-corrected chi connectivity index (χ3v) is 10.8. The number of benzene rings is 1. The number of aryl methyl sites for hydroxylation is 1. The molecule has 3 aliphatic rings. The van der Waals surface area contributed by atoms with Gasteiger partial charge >= 0.3 is 5.97 Å². The Bertz CT molecular complexity index is 1350. The summed E-state index contributed by atoms with van der Waals surface area (Å²) in [7, 11) is 0. The Hall–Kier alpha value is -3.02. The zero-order valence-electron chi connectivity index (χ0n) is 24.1. The Morgan fingerprint density at radius 3 is 2.32 bits per heavy atom. The van der Waals surface area contributed by atoms with Crippen LogP contribution in [-0.2, 0) is 25.5 Å². The molecule has 0 saturated carbocycles. The van der Waals surface area contributed by atoms with Crippen molar-refractivity contribution in [3.8, 4) is 5.75 Å². The van der Waals surface area contributed by atoms with E-state index in [-0.39, 0.29) is 71.5 Å². The van der Waals surface area contributed by atoms with Crippen molar-refractivity contribution in [1.82, 2.24) is 0 Å². The molecule has 204 valence electrons. The normalized spacial score (nSPS) is 32.6. The van der Waals surface area contributed by atoms with Crippen LogP contribution in [0.15, 0.2) is 34.4 Å². The maximum Gasteiger partial charge on any atom is 0.306 e. The average molecular weight is 521 g/mol. The Morgan fingerprint density at radius 1 is 1.11 bits per heavy atom. The zero-order chi connectivity index (χ0) is 28.5. The van der Waals surface area contributed by atoms with Crippen LogP contribution in [0.5, 0.6) is 5.75 Å². The largest absolute Gasteiger partial charge is 0.507 e. The molecule has 0 bridgehead atoms. The van der Waals surface area contributed by atoms with Crippen molar-refractivity contribution in [2.75, 3.05) is 6.61 Å². The van der Waals surface area contributed by atoms with Crippen LogP contribution in [0.25, 0.3) is 0 Å². The SMILES string of the molecule is CCOC(=O)CCc1ccc2c(c1O)C(=O)C1=C(C)C3(C)C(=O)C(C(C)=O)=C(C)CC3(C)C(C)C1(C)C2C. The molecule has 0 radical (unpaired) electrons. The summed E-state index contributed by atoms with van der Waals surface area (Å²) in [6.07, 6.45) is 0.952. The lowest BCUT2D eigenvalue weighted by Crippen LogP contribution is -2.62. The zero-order valence-corrected chi connectivity index (χ0v) is 24.1. The first kappa shape index (κ1) is 28.0. The van der Waals surface area contributed by atoms with E-state index in [9.17, 15) is 24.3 Å². The van der Waals surface area contributed by atoms with Gasteiger partial charge in [0.05, 0.1) is 23.2 Å². The number of Topliss-reactive ketones (excluding diaryl/α,β-unsaturated/α-hetero) is 3. The number of hydrogen-bond donors (Lipinski definition) is 1. The molecular weight excluding hydrogens is 480 g/mol. The molecule has 0 aliphatic heterocycles. The minimum Gasteiger partial charge on any atom is -0.507 e. The van der Waals surface area contributed by atoms with Crippen molar-refractivity contribution < 1.29 is 29.0 Å². The van der Waals surface area contributed by atoms with Crippen molar-refractivity contribution in [1.29, 1.82) is 0 Å². The Kier molecular flexibility index (Phi) is 6.65. The first-order valence-electron chi connectivity index (χ1n) is 13.6. The van der Waals surface area contributed by atoms with Crippen molar-refractivity contribution >= 4 is 23.3 Å². The maximum absolute atomic E-state index is 14.4. The van der Waals surface area contributed by atoms with Gasteiger partial charge in [-0.15, -0.1) is 0 Å². The minimum atomic E-state index is -1.04. The molecular formula is C32H40O6. The Morgan fingerprint density at radius 2 is 1.74 bits per heavy atom. The van der Waals surface area contributed by atoms with Crippen molar-refractivity contribution in [2.45, 2.75) is 87.5 Å². The number of carbonyl (C=O) groups is 4. The predicted octanol–water partition coefficient (Wildman–Crippen LogP) is 6.05. The van der Waals surface area contributed by atoms with Crippen molar-refractivity contribution in [2.24, 2.45) is 22.2 Å². The molecule has 4 rings (SSSR count). The van der Waals surface area contributed by atoms with Gasteiger partial charge in [-0.2, -0.15) is 0 Å². The molecule has 1 N–H and O–H groups in total. The fourth-order valence-corrected chi connectivity index (χ4v) is 8.07. The third kappa shape index (κ3) is 3.37. The number of ketones is 3. The minimum absolute atomic E-state index is 0.0798. The lowest BCUT2D eigenvalue weighted by Gasteiger charge is -2.64. The number of phenolic OH excluding ortho intramolecular Hbond substituents is 1. The lowest BCUT2D eigenvalue weighted by atomic mass is 9.37. The van der Waals surface area contributed by atoms with Gasteiger partial charge in [-0.1, -0.05) is 51.0 Å². The summed E-state index contributed by atoms with van der Waals surface area (Å²) in [5.41, 5.74) is 1.75.